The third kappa shape index (κ3) is 7.86. The Balaban J connectivity index is 1.62. The van der Waals surface area contributed by atoms with Crippen LogP contribution in [0.15, 0.2) is 42.5 Å². The van der Waals surface area contributed by atoms with Crippen molar-refractivity contribution < 1.29 is 22.7 Å². The molecule has 0 radical (unpaired) electrons. The van der Waals surface area contributed by atoms with E-state index in [2.05, 4.69) is 10.2 Å². The van der Waals surface area contributed by atoms with Crippen LogP contribution < -0.4 is 19.7 Å². The van der Waals surface area contributed by atoms with Crippen LogP contribution in [0.25, 0.3) is 0 Å². The first-order valence-electron chi connectivity index (χ1n) is 12.0. The van der Waals surface area contributed by atoms with Gasteiger partial charge in [0.1, 0.15) is 5.75 Å². The second kappa shape index (κ2) is 11.5. The van der Waals surface area contributed by atoms with Gasteiger partial charge in [0, 0.05) is 29.8 Å². The maximum absolute atomic E-state index is 13.1. The Labute approximate surface area is 218 Å². The van der Waals surface area contributed by atoms with Gasteiger partial charge in [-0.25, -0.2) is 13.1 Å². The molecule has 1 unspecified atom stereocenters. The fourth-order valence-electron chi connectivity index (χ4n) is 4.13. The number of amides is 2. The molecule has 1 saturated heterocycles. The van der Waals surface area contributed by atoms with E-state index in [-0.39, 0.29) is 11.9 Å². The van der Waals surface area contributed by atoms with Gasteiger partial charge in [0.2, 0.25) is 10.0 Å². The van der Waals surface area contributed by atoms with E-state index in [0.29, 0.717) is 22.8 Å². The van der Waals surface area contributed by atoms with Crippen LogP contribution in [0.3, 0.4) is 0 Å². The first kappa shape index (κ1) is 27.8. The van der Waals surface area contributed by atoms with Crippen LogP contribution in [0.1, 0.15) is 56.0 Å². The number of rotatable bonds is 9. The smallest absolute Gasteiger partial charge is 0.277 e. The van der Waals surface area contributed by atoms with Crippen molar-refractivity contribution in [1.29, 1.82) is 0 Å². The average Bonchev–Trinajstić information content (AvgIpc) is 2.79. The third-order valence-electron chi connectivity index (χ3n) is 5.94. The van der Waals surface area contributed by atoms with Crippen molar-refractivity contribution in [1.82, 2.24) is 10.0 Å². The Morgan fingerprint density at radius 3 is 2.33 bits per heavy atom. The Kier molecular flexibility index (Phi) is 8.89. The summed E-state index contributed by atoms with van der Waals surface area (Å²) >= 11 is 6.21. The highest BCUT2D eigenvalue weighted by Gasteiger charge is 2.32. The zero-order chi connectivity index (χ0) is 26.5. The zero-order valence-corrected chi connectivity index (χ0v) is 22.7. The second-order valence-electron chi connectivity index (χ2n) is 9.75. The molecule has 36 heavy (non-hydrogen) atoms. The fourth-order valence-corrected chi connectivity index (χ4v) is 4.89. The van der Waals surface area contributed by atoms with Gasteiger partial charge in [-0.2, -0.15) is 0 Å². The van der Waals surface area contributed by atoms with E-state index >= 15 is 0 Å². The topological polar surface area (TPSA) is 105 Å². The highest BCUT2D eigenvalue weighted by atomic mass is 35.5. The van der Waals surface area contributed by atoms with E-state index in [0.717, 1.165) is 43.4 Å². The molecule has 1 fully saturated rings. The van der Waals surface area contributed by atoms with Crippen molar-refractivity contribution in [2.45, 2.75) is 58.1 Å². The number of anilines is 1. The minimum absolute atomic E-state index is 0.144. The number of hydrogen-bond donors (Lipinski definition) is 2. The molecule has 1 aliphatic rings. The Morgan fingerprint density at radius 1 is 1.08 bits per heavy atom. The molecule has 2 aromatic carbocycles. The van der Waals surface area contributed by atoms with Gasteiger partial charge in [-0.1, -0.05) is 23.7 Å². The number of nitrogens with zero attached hydrogens (tertiary/aromatic N) is 1. The van der Waals surface area contributed by atoms with Crippen molar-refractivity contribution >= 4 is 39.1 Å². The molecule has 0 bridgehead atoms. The average molecular weight is 536 g/mol. The Morgan fingerprint density at radius 2 is 1.72 bits per heavy atom. The van der Waals surface area contributed by atoms with Gasteiger partial charge in [-0.15, -0.1) is 0 Å². The summed E-state index contributed by atoms with van der Waals surface area (Å²) in [7, 11) is -3.68. The summed E-state index contributed by atoms with van der Waals surface area (Å²) < 4.78 is 30.3. The van der Waals surface area contributed by atoms with Crippen LogP contribution in [0.2, 0.25) is 5.02 Å². The number of hydrogen-bond acceptors (Lipinski definition) is 6. The first-order valence-corrected chi connectivity index (χ1v) is 14.3. The number of sulfonamides is 1. The maximum atomic E-state index is 13.1. The number of carbonyl (C=O) groups excluding carboxylic acids is 2. The fraction of sp³-hybridized carbons (Fsp3) is 0.462. The molecule has 0 aliphatic carbocycles. The van der Waals surface area contributed by atoms with Crippen molar-refractivity contribution in [2.24, 2.45) is 0 Å². The molecule has 10 heteroatoms. The molecule has 0 aromatic heterocycles. The van der Waals surface area contributed by atoms with Gasteiger partial charge in [-0.05, 0) is 82.3 Å². The SMILES string of the molecule is CC(Cc1ccc(OC(C)(C)C(=O)NS(C)(=O)=O)cc1)NC(=O)c1cc(Cl)ccc1N1CCCCC1. The number of nitrogens with one attached hydrogen (secondary N) is 2. The van der Waals surface area contributed by atoms with Crippen LogP contribution in [-0.2, 0) is 21.2 Å². The normalized spacial score (nSPS) is 15.2. The van der Waals surface area contributed by atoms with Gasteiger partial charge < -0.3 is 15.0 Å². The maximum Gasteiger partial charge on any atom is 0.277 e. The molecular weight excluding hydrogens is 502 g/mol. The molecule has 2 amide bonds. The van der Waals surface area contributed by atoms with Gasteiger partial charge in [0.25, 0.3) is 11.8 Å². The van der Waals surface area contributed by atoms with Crippen molar-refractivity contribution in [3.63, 3.8) is 0 Å². The lowest BCUT2D eigenvalue weighted by Crippen LogP contribution is -2.48. The largest absolute Gasteiger partial charge is 0.478 e. The van der Waals surface area contributed by atoms with Crippen LogP contribution in [0.4, 0.5) is 5.69 Å². The monoisotopic (exact) mass is 535 g/mol. The lowest BCUT2D eigenvalue weighted by molar-refractivity contribution is -0.132. The summed E-state index contributed by atoms with van der Waals surface area (Å²) in [6, 6.07) is 12.4. The number of piperidine rings is 1. The van der Waals surface area contributed by atoms with Crippen molar-refractivity contribution in [2.75, 3.05) is 24.2 Å². The highest BCUT2D eigenvalue weighted by Crippen LogP contribution is 2.27. The van der Waals surface area contributed by atoms with E-state index in [1.807, 2.05) is 35.9 Å². The lowest BCUT2D eigenvalue weighted by Gasteiger charge is -2.30. The number of benzene rings is 2. The lowest BCUT2D eigenvalue weighted by atomic mass is 10.0. The molecular formula is C26H34ClN3O5S. The van der Waals surface area contributed by atoms with Gasteiger partial charge in [0.15, 0.2) is 5.60 Å². The van der Waals surface area contributed by atoms with E-state index < -0.39 is 21.5 Å². The molecule has 2 aromatic rings. The Hall–Kier alpha value is -2.78. The molecule has 3 rings (SSSR count). The molecule has 1 atom stereocenters. The molecule has 2 N–H and O–H groups in total. The van der Waals surface area contributed by atoms with Crippen LogP contribution in [0, 0.1) is 0 Å². The molecule has 196 valence electrons. The van der Waals surface area contributed by atoms with Gasteiger partial charge in [-0.3, -0.25) is 9.59 Å². The molecule has 8 nitrogen and oxygen atoms in total. The van der Waals surface area contributed by atoms with Crippen molar-refractivity contribution in [3.05, 3.63) is 58.6 Å². The quantitative estimate of drug-likeness (QED) is 0.504. The van der Waals surface area contributed by atoms with Gasteiger partial charge >= 0.3 is 0 Å². The summed E-state index contributed by atoms with van der Waals surface area (Å²) in [6.45, 7) is 6.78. The summed E-state index contributed by atoms with van der Waals surface area (Å²) in [4.78, 5) is 27.6. The standard InChI is InChI=1S/C26H34ClN3O5S/c1-18(28-24(31)22-17-20(27)10-13-23(22)30-14-6-5-7-15-30)16-19-8-11-21(12-9-19)35-26(2,3)25(32)29-36(4,33)34/h8-13,17-18H,5-7,14-16H2,1-4H3,(H,28,31)(H,29,32). The van der Waals surface area contributed by atoms with Crippen LogP contribution in [-0.4, -0.2) is 51.2 Å². The van der Waals surface area contributed by atoms with Crippen LogP contribution >= 0.6 is 11.6 Å². The first-order chi connectivity index (χ1) is 16.8. The predicted molar refractivity (Wildman–Crippen MR) is 142 cm³/mol. The number of carbonyl (C=O) groups is 2. The van der Waals surface area contributed by atoms with Gasteiger partial charge in [0.05, 0.1) is 11.8 Å². The second-order valence-corrected chi connectivity index (χ2v) is 11.9. The minimum atomic E-state index is -3.68. The van der Waals surface area contributed by atoms with E-state index in [9.17, 15) is 18.0 Å². The molecule has 0 spiro atoms. The highest BCUT2D eigenvalue weighted by molar-refractivity contribution is 7.89. The zero-order valence-electron chi connectivity index (χ0n) is 21.1. The molecule has 1 aliphatic heterocycles. The minimum Gasteiger partial charge on any atom is -0.478 e. The van der Waals surface area contributed by atoms with E-state index in [4.69, 9.17) is 16.3 Å². The van der Waals surface area contributed by atoms with Crippen molar-refractivity contribution in [3.8, 4) is 5.75 Å². The Bertz CT molecular complexity index is 1190. The number of ether oxygens (including phenoxy) is 1. The third-order valence-corrected chi connectivity index (χ3v) is 6.73. The van der Waals surface area contributed by atoms with E-state index in [1.165, 1.54) is 20.3 Å². The summed E-state index contributed by atoms with van der Waals surface area (Å²) in [5, 5.41) is 3.60. The molecule has 0 saturated carbocycles. The summed E-state index contributed by atoms with van der Waals surface area (Å²) in [5.74, 6) is -0.492. The summed E-state index contributed by atoms with van der Waals surface area (Å²) in [5.41, 5.74) is 1.08. The van der Waals surface area contributed by atoms with Crippen LogP contribution in [0.5, 0.6) is 5.75 Å². The number of halogens is 1. The van der Waals surface area contributed by atoms with E-state index in [1.54, 1.807) is 18.2 Å². The summed E-state index contributed by atoms with van der Waals surface area (Å²) in [6.07, 6.45) is 4.93. The predicted octanol–water partition coefficient (Wildman–Crippen LogP) is 3.92. The molecule has 1 heterocycles.